The Bertz CT molecular complexity index is 808. The SMILES string of the molecule is O=C(O)c1cc(S(=O)(=O)Nc2ccccc2Br)ccc1I. The van der Waals surface area contributed by atoms with Crippen molar-refractivity contribution >= 4 is 60.2 Å². The van der Waals surface area contributed by atoms with E-state index in [9.17, 15) is 13.2 Å². The van der Waals surface area contributed by atoms with Crippen LogP contribution in [0.15, 0.2) is 51.8 Å². The highest BCUT2D eigenvalue weighted by molar-refractivity contribution is 14.1. The van der Waals surface area contributed by atoms with Gasteiger partial charge in [-0.2, -0.15) is 0 Å². The topological polar surface area (TPSA) is 83.5 Å². The van der Waals surface area contributed by atoms with Crippen LogP contribution in [0.4, 0.5) is 5.69 Å². The number of benzene rings is 2. The van der Waals surface area contributed by atoms with Crippen molar-refractivity contribution in [2.24, 2.45) is 0 Å². The van der Waals surface area contributed by atoms with Gasteiger partial charge in [-0.05, 0) is 68.9 Å². The lowest BCUT2D eigenvalue weighted by molar-refractivity contribution is 0.0695. The van der Waals surface area contributed by atoms with Crippen LogP contribution in [0, 0.1) is 3.57 Å². The van der Waals surface area contributed by atoms with E-state index in [0.29, 0.717) is 13.7 Å². The summed E-state index contributed by atoms with van der Waals surface area (Å²) in [5, 5.41) is 9.06. The Kier molecular flexibility index (Phi) is 4.89. The summed E-state index contributed by atoms with van der Waals surface area (Å²) < 4.78 is 28.1. The van der Waals surface area contributed by atoms with Crippen molar-refractivity contribution < 1.29 is 18.3 Å². The molecular weight excluding hydrogens is 473 g/mol. The van der Waals surface area contributed by atoms with E-state index in [-0.39, 0.29) is 10.5 Å². The van der Waals surface area contributed by atoms with Crippen LogP contribution in [0.2, 0.25) is 0 Å². The summed E-state index contributed by atoms with van der Waals surface area (Å²) in [6, 6.07) is 10.7. The zero-order valence-corrected chi connectivity index (χ0v) is 14.9. The molecule has 2 aromatic carbocycles. The van der Waals surface area contributed by atoms with Gasteiger partial charge in [0.15, 0.2) is 0 Å². The lowest BCUT2D eigenvalue weighted by atomic mass is 10.2. The number of rotatable bonds is 4. The van der Waals surface area contributed by atoms with Crippen molar-refractivity contribution in [2.45, 2.75) is 4.90 Å². The fraction of sp³-hybridized carbons (Fsp3) is 0. The van der Waals surface area contributed by atoms with Gasteiger partial charge in [0.25, 0.3) is 10.0 Å². The van der Waals surface area contributed by atoms with E-state index in [4.69, 9.17) is 5.11 Å². The molecule has 2 N–H and O–H groups in total. The van der Waals surface area contributed by atoms with Crippen molar-refractivity contribution in [3.63, 3.8) is 0 Å². The van der Waals surface area contributed by atoms with Gasteiger partial charge in [0.05, 0.1) is 16.1 Å². The number of halogens is 2. The average Bonchev–Trinajstić information content (AvgIpc) is 2.41. The lowest BCUT2D eigenvalue weighted by Gasteiger charge is -2.10. The minimum Gasteiger partial charge on any atom is -0.478 e. The van der Waals surface area contributed by atoms with Gasteiger partial charge in [-0.3, -0.25) is 4.72 Å². The van der Waals surface area contributed by atoms with Gasteiger partial charge < -0.3 is 5.11 Å². The molecule has 0 saturated heterocycles. The summed E-state index contributed by atoms with van der Waals surface area (Å²) in [5.41, 5.74) is 0.332. The highest BCUT2D eigenvalue weighted by Gasteiger charge is 2.19. The zero-order valence-electron chi connectivity index (χ0n) is 10.4. The molecule has 0 aliphatic carbocycles. The highest BCUT2D eigenvalue weighted by atomic mass is 127. The van der Waals surface area contributed by atoms with Crippen LogP contribution in [0.1, 0.15) is 10.4 Å². The third-order valence-corrected chi connectivity index (χ3v) is 5.59. The van der Waals surface area contributed by atoms with Crippen molar-refractivity contribution in [3.05, 3.63) is 56.1 Å². The third kappa shape index (κ3) is 3.74. The van der Waals surface area contributed by atoms with E-state index < -0.39 is 16.0 Å². The number of anilines is 1. The maximum absolute atomic E-state index is 12.3. The van der Waals surface area contributed by atoms with Crippen LogP contribution in [0.25, 0.3) is 0 Å². The summed E-state index contributed by atoms with van der Waals surface area (Å²) in [4.78, 5) is 11.0. The fourth-order valence-corrected chi connectivity index (χ4v) is 3.77. The Morgan fingerprint density at radius 1 is 1.19 bits per heavy atom. The van der Waals surface area contributed by atoms with Gasteiger partial charge in [-0.1, -0.05) is 12.1 Å². The molecule has 21 heavy (non-hydrogen) atoms. The molecule has 0 fully saturated rings. The average molecular weight is 482 g/mol. The van der Waals surface area contributed by atoms with Gasteiger partial charge in [0.2, 0.25) is 0 Å². The van der Waals surface area contributed by atoms with Crippen LogP contribution in [0.3, 0.4) is 0 Å². The monoisotopic (exact) mass is 481 g/mol. The number of carboxylic acids is 1. The molecule has 0 bridgehead atoms. The normalized spacial score (nSPS) is 11.1. The molecule has 0 amide bonds. The molecule has 2 rings (SSSR count). The number of carboxylic acid groups (broad SMARTS) is 1. The maximum Gasteiger partial charge on any atom is 0.336 e. The molecule has 0 unspecified atom stereocenters. The van der Waals surface area contributed by atoms with Gasteiger partial charge in [0.1, 0.15) is 0 Å². The highest BCUT2D eigenvalue weighted by Crippen LogP contribution is 2.25. The molecule has 0 atom stereocenters. The van der Waals surface area contributed by atoms with Crippen LogP contribution in [0.5, 0.6) is 0 Å². The second kappa shape index (κ2) is 6.32. The Hall–Kier alpha value is -1.13. The first-order chi connectivity index (χ1) is 9.81. The summed E-state index contributed by atoms with van der Waals surface area (Å²) in [6.45, 7) is 0. The predicted octanol–water partition coefficient (Wildman–Crippen LogP) is 3.55. The van der Waals surface area contributed by atoms with E-state index >= 15 is 0 Å². The van der Waals surface area contributed by atoms with E-state index in [2.05, 4.69) is 20.7 Å². The van der Waals surface area contributed by atoms with Crippen LogP contribution in [-0.4, -0.2) is 19.5 Å². The smallest absolute Gasteiger partial charge is 0.336 e. The molecule has 0 saturated carbocycles. The number of hydrogen-bond acceptors (Lipinski definition) is 3. The zero-order chi connectivity index (χ0) is 15.6. The first kappa shape index (κ1) is 16.2. The van der Waals surface area contributed by atoms with Crippen LogP contribution >= 0.6 is 38.5 Å². The van der Waals surface area contributed by atoms with E-state index in [0.717, 1.165) is 6.07 Å². The number of sulfonamides is 1. The van der Waals surface area contributed by atoms with Gasteiger partial charge >= 0.3 is 5.97 Å². The minimum absolute atomic E-state index is 0.0504. The minimum atomic E-state index is -3.86. The quantitative estimate of drug-likeness (QED) is 0.654. The molecule has 0 aliphatic heterocycles. The van der Waals surface area contributed by atoms with Crippen molar-refractivity contribution in [1.82, 2.24) is 0 Å². The fourth-order valence-electron chi connectivity index (χ4n) is 1.58. The Labute approximate surface area is 143 Å². The largest absolute Gasteiger partial charge is 0.478 e. The summed E-state index contributed by atoms with van der Waals surface area (Å²) in [7, 11) is -3.86. The predicted molar refractivity (Wildman–Crippen MR) is 91.1 cm³/mol. The second-order valence-corrected chi connectivity index (χ2v) is 7.73. The molecule has 2 aromatic rings. The van der Waals surface area contributed by atoms with Crippen molar-refractivity contribution in [2.75, 3.05) is 4.72 Å². The molecule has 0 spiro atoms. The lowest BCUT2D eigenvalue weighted by Crippen LogP contribution is -2.14. The summed E-state index contributed by atoms with van der Waals surface area (Å²) in [6.07, 6.45) is 0. The van der Waals surface area contributed by atoms with Crippen LogP contribution < -0.4 is 4.72 Å². The Morgan fingerprint density at radius 3 is 2.48 bits per heavy atom. The molecule has 8 heteroatoms. The first-order valence-corrected chi connectivity index (χ1v) is 8.97. The standard InChI is InChI=1S/C13H9BrINO4S/c14-10-3-1-2-4-12(10)16-21(19,20)8-5-6-11(15)9(7-8)13(17)18/h1-7,16H,(H,17,18). The number of carbonyl (C=O) groups is 1. The molecule has 110 valence electrons. The Morgan fingerprint density at radius 2 is 1.86 bits per heavy atom. The summed E-state index contributed by atoms with van der Waals surface area (Å²) in [5.74, 6) is -1.17. The van der Waals surface area contributed by atoms with Gasteiger partial charge in [0, 0.05) is 8.04 Å². The molecule has 0 radical (unpaired) electrons. The van der Waals surface area contributed by atoms with Crippen molar-refractivity contribution in [1.29, 1.82) is 0 Å². The molecule has 0 aliphatic rings. The molecule has 5 nitrogen and oxygen atoms in total. The summed E-state index contributed by atoms with van der Waals surface area (Å²) >= 11 is 5.09. The molecule has 0 aromatic heterocycles. The van der Waals surface area contributed by atoms with Gasteiger partial charge in [-0.25, -0.2) is 13.2 Å². The molecule has 0 heterocycles. The van der Waals surface area contributed by atoms with Crippen molar-refractivity contribution in [3.8, 4) is 0 Å². The number of aromatic carboxylic acids is 1. The van der Waals surface area contributed by atoms with Crippen LogP contribution in [-0.2, 0) is 10.0 Å². The third-order valence-electron chi connectivity index (χ3n) is 2.60. The van der Waals surface area contributed by atoms with E-state index in [1.807, 2.05) is 22.6 Å². The number of nitrogens with one attached hydrogen (secondary N) is 1. The first-order valence-electron chi connectivity index (χ1n) is 5.61. The van der Waals surface area contributed by atoms with E-state index in [1.165, 1.54) is 12.1 Å². The van der Waals surface area contributed by atoms with E-state index in [1.54, 1.807) is 24.3 Å². The van der Waals surface area contributed by atoms with Gasteiger partial charge in [-0.15, -0.1) is 0 Å². The molecular formula is C13H9BrINO4S. The Balaban J connectivity index is 2.43. The maximum atomic E-state index is 12.3. The number of para-hydroxylation sites is 1. The number of hydrogen-bond donors (Lipinski definition) is 2. The second-order valence-electron chi connectivity index (χ2n) is 4.03.